The van der Waals surface area contributed by atoms with Crippen LogP contribution in [0.1, 0.15) is 25.3 Å². The SMILES string of the molecule is CC1(CNCc2ccc([N+](=O)[O-])c(F)c2)CCOCC1. The summed E-state index contributed by atoms with van der Waals surface area (Å²) >= 11 is 0. The zero-order valence-corrected chi connectivity index (χ0v) is 11.5. The number of nitrogens with one attached hydrogen (secondary N) is 1. The van der Waals surface area contributed by atoms with Crippen LogP contribution in [0.5, 0.6) is 0 Å². The number of nitro groups is 1. The van der Waals surface area contributed by atoms with Gasteiger partial charge in [0.15, 0.2) is 0 Å². The number of ether oxygens (including phenoxy) is 1. The van der Waals surface area contributed by atoms with E-state index in [4.69, 9.17) is 4.74 Å². The molecule has 0 spiro atoms. The Balaban J connectivity index is 1.88. The molecule has 0 atom stereocenters. The van der Waals surface area contributed by atoms with E-state index in [-0.39, 0.29) is 5.41 Å². The first-order chi connectivity index (χ1) is 9.50. The number of benzene rings is 1. The average Bonchev–Trinajstić information content (AvgIpc) is 2.39. The Labute approximate surface area is 117 Å². The molecule has 1 saturated heterocycles. The molecule has 1 aliphatic heterocycles. The molecule has 20 heavy (non-hydrogen) atoms. The van der Waals surface area contributed by atoms with Crippen LogP contribution >= 0.6 is 0 Å². The van der Waals surface area contributed by atoms with E-state index in [2.05, 4.69) is 12.2 Å². The van der Waals surface area contributed by atoms with Crippen molar-refractivity contribution in [3.05, 3.63) is 39.7 Å². The van der Waals surface area contributed by atoms with Crippen molar-refractivity contribution >= 4 is 5.69 Å². The number of hydrogen-bond acceptors (Lipinski definition) is 4. The summed E-state index contributed by atoms with van der Waals surface area (Å²) in [6.45, 7) is 5.11. The van der Waals surface area contributed by atoms with Crippen molar-refractivity contribution in [1.29, 1.82) is 0 Å². The van der Waals surface area contributed by atoms with Gasteiger partial charge in [-0.3, -0.25) is 10.1 Å². The molecule has 1 heterocycles. The molecule has 0 aromatic heterocycles. The van der Waals surface area contributed by atoms with Crippen molar-refractivity contribution in [1.82, 2.24) is 5.32 Å². The van der Waals surface area contributed by atoms with Gasteiger partial charge in [-0.1, -0.05) is 13.0 Å². The fourth-order valence-corrected chi connectivity index (χ4v) is 2.36. The van der Waals surface area contributed by atoms with Gasteiger partial charge in [-0.05, 0) is 29.9 Å². The van der Waals surface area contributed by atoms with Gasteiger partial charge in [0.25, 0.3) is 0 Å². The summed E-state index contributed by atoms with van der Waals surface area (Å²) in [5.74, 6) is -0.786. The third-order valence-corrected chi connectivity index (χ3v) is 3.79. The van der Waals surface area contributed by atoms with E-state index in [0.29, 0.717) is 12.1 Å². The Hall–Kier alpha value is -1.53. The predicted molar refractivity (Wildman–Crippen MR) is 72.9 cm³/mol. The van der Waals surface area contributed by atoms with E-state index in [1.165, 1.54) is 12.1 Å². The van der Waals surface area contributed by atoms with E-state index in [1.54, 1.807) is 6.07 Å². The zero-order valence-electron chi connectivity index (χ0n) is 11.5. The van der Waals surface area contributed by atoms with E-state index < -0.39 is 16.4 Å². The van der Waals surface area contributed by atoms with E-state index in [9.17, 15) is 14.5 Å². The van der Waals surface area contributed by atoms with Crippen LogP contribution in [-0.4, -0.2) is 24.7 Å². The molecule has 0 unspecified atom stereocenters. The molecular formula is C14H19FN2O3. The van der Waals surface area contributed by atoms with Crippen LogP contribution in [0.25, 0.3) is 0 Å². The van der Waals surface area contributed by atoms with Crippen LogP contribution in [0, 0.1) is 21.3 Å². The molecule has 1 fully saturated rings. The summed E-state index contributed by atoms with van der Waals surface area (Å²) in [7, 11) is 0. The lowest BCUT2D eigenvalue weighted by Crippen LogP contribution is -2.36. The molecule has 5 nitrogen and oxygen atoms in total. The lowest BCUT2D eigenvalue weighted by atomic mass is 9.82. The third-order valence-electron chi connectivity index (χ3n) is 3.79. The largest absolute Gasteiger partial charge is 0.381 e. The second-order valence-electron chi connectivity index (χ2n) is 5.57. The van der Waals surface area contributed by atoms with E-state index in [1.807, 2.05) is 0 Å². The molecule has 1 aliphatic rings. The minimum Gasteiger partial charge on any atom is -0.381 e. The summed E-state index contributed by atoms with van der Waals surface area (Å²) in [5, 5.41) is 13.8. The number of nitro benzene ring substituents is 1. The Bertz CT molecular complexity index is 487. The third kappa shape index (κ3) is 3.74. The van der Waals surface area contributed by atoms with Gasteiger partial charge in [0, 0.05) is 32.4 Å². The molecule has 1 aromatic rings. The van der Waals surface area contributed by atoms with Crippen LogP contribution in [-0.2, 0) is 11.3 Å². The van der Waals surface area contributed by atoms with Crippen molar-refractivity contribution in [2.75, 3.05) is 19.8 Å². The molecule has 6 heteroatoms. The minimum absolute atomic E-state index is 0.206. The molecule has 0 saturated carbocycles. The van der Waals surface area contributed by atoms with Crippen LogP contribution in [0.4, 0.5) is 10.1 Å². The van der Waals surface area contributed by atoms with Crippen LogP contribution in [0.3, 0.4) is 0 Å². The second-order valence-corrected chi connectivity index (χ2v) is 5.57. The molecule has 1 N–H and O–H groups in total. The van der Waals surface area contributed by atoms with Gasteiger partial charge in [-0.25, -0.2) is 0 Å². The number of halogens is 1. The highest BCUT2D eigenvalue weighted by Gasteiger charge is 2.26. The second kappa shape index (κ2) is 6.28. The maximum absolute atomic E-state index is 13.5. The first-order valence-corrected chi connectivity index (χ1v) is 6.71. The summed E-state index contributed by atoms with van der Waals surface area (Å²) in [6, 6.07) is 4.01. The monoisotopic (exact) mass is 282 g/mol. The van der Waals surface area contributed by atoms with Crippen molar-refractivity contribution in [2.45, 2.75) is 26.3 Å². The Morgan fingerprint density at radius 2 is 2.15 bits per heavy atom. The normalized spacial score (nSPS) is 17.9. The predicted octanol–water partition coefficient (Wildman–Crippen LogP) is 2.64. The standard InChI is InChI=1S/C14H19FN2O3/c1-14(4-6-20-7-5-14)10-16-9-11-2-3-13(17(18)19)12(15)8-11/h2-3,8,16H,4-7,9-10H2,1H3. The highest BCUT2D eigenvalue weighted by molar-refractivity contribution is 5.34. The Morgan fingerprint density at radius 1 is 1.45 bits per heavy atom. The Morgan fingerprint density at radius 3 is 2.75 bits per heavy atom. The number of nitrogens with zero attached hydrogens (tertiary/aromatic N) is 1. The van der Waals surface area contributed by atoms with E-state index >= 15 is 0 Å². The van der Waals surface area contributed by atoms with Crippen molar-refractivity contribution in [3.63, 3.8) is 0 Å². The molecule has 110 valence electrons. The topological polar surface area (TPSA) is 64.4 Å². The van der Waals surface area contributed by atoms with Gasteiger partial charge in [-0.15, -0.1) is 0 Å². The van der Waals surface area contributed by atoms with Gasteiger partial charge in [0.2, 0.25) is 5.82 Å². The first-order valence-electron chi connectivity index (χ1n) is 6.71. The lowest BCUT2D eigenvalue weighted by molar-refractivity contribution is -0.387. The average molecular weight is 282 g/mol. The summed E-state index contributed by atoms with van der Waals surface area (Å²) in [4.78, 5) is 9.82. The van der Waals surface area contributed by atoms with Gasteiger partial charge in [0.1, 0.15) is 0 Å². The van der Waals surface area contributed by atoms with Crippen LogP contribution in [0.2, 0.25) is 0 Å². The van der Waals surface area contributed by atoms with Gasteiger partial charge in [-0.2, -0.15) is 4.39 Å². The van der Waals surface area contributed by atoms with Crippen LogP contribution in [0.15, 0.2) is 18.2 Å². The highest BCUT2D eigenvalue weighted by atomic mass is 19.1. The minimum atomic E-state index is -0.786. The van der Waals surface area contributed by atoms with Crippen molar-refractivity contribution in [3.8, 4) is 0 Å². The smallest absolute Gasteiger partial charge is 0.304 e. The quantitative estimate of drug-likeness (QED) is 0.666. The number of hydrogen-bond donors (Lipinski definition) is 1. The zero-order chi connectivity index (χ0) is 14.6. The molecule has 0 amide bonds. The summed E-state index contributed by atoms with van der Waals surface area (Å²) in [6.07, 6.45) is 2.02. The lowest BCUT2D eigenvalue weighted by Gasteiger charge is -2.33. The summed E-state index contributed by atoms with van der Waals surface area (Å²) in [5.41, 5.74) is 0.436. The van der Waals surface area contributed by atoms with Crippen LogP contribution < -0.4 is 5.32 Å². The van der Waals surface area contributed by atoms with Gasteiger partial charge >= 0.3 is 5.69 Å². The molecule has 0 bridgehead atoms. The molecule has 0 radical (unpaired) electrons. The van der Waals surface area contributed by atoms with Crippen molar-refractivity contribution < 1.29 is 14.1 Å². The first kappa shape index (κ1) is 14.9. The van der Waals surface area contributed by atoms with E-state index in [0.717, 1.165) is 32.6 Å². The Kier molecular flexibility index (Phi) is 4.67. The molecule has 1 aromatic carbocycles. The van der Waals surface area contributed by atoms with Gasteiger partial charge < -0.3 is 10.1 Å². The molecular weight excluding hydrogens is 263 g/mol. The maximum Gasteiger partial charge on any atom is 0.304 e. The van der Waals surface area contributed by atoms with Crippen molar-refractivity contribution in [2.24, 2.45) is 5.41 Å². The fraction of sp³-hybridized carbons (Fsp3) is 0.571. The maximum atomic E-state index is 13.5. The fourth-order valence-electron chi connectivity index (χ4n) is 2.36. The summed E-state index contributed by atoms with van der Waals surface area (Å²) < 4.78 is 18.8. The van der Waals surface area contributed by atoms with Gasteiger partial charge in [0.05, 0.1) is 4.92 Å². The molecule has 2 rings (SSSR count). The number of rotatable bonds is 5. The molecule has 0 aliphatic carbocycles. The highest BCUT2D eigenvalue weighted by Crippen LogP contribution is 2.28.